The average Bonchev–Trinajstić information content (AvgIpc) is 3.31. The summed E-state index contributed by atoms with van der Waals surface area (Å²) < 4.78 is 2.31. The zero-order valence-electron chi connectivity index (χ0n) is 13.7. The molecule has 0 bridgehead atoms. The number of carbonyl (C=O) groups is 1. The number of amides is 1. The van der Waals surface area contributed by atoms with Crippen molar-refractivity contribution in [3.8, 4) is 0 Å². The van der Waals surface area contributed by atoms with Crippen LogP contribution >= 0.6 is 27.3 Å². The van der Waals surface area contributed by atoms with Crippen LogP contribution in [0.5, 0.6) is 0 Å². The van der Waals surface area contributed by atoms with Gasteiger partial charge in [-0.3, -0.25) is 4.79 Å². The Morgan fingerprint density at radius 1 is 1.20 bits per heavy atom. The number of hydrogen-bond donors (Lipinski definition) is 1. The summed E-state index contributed by atoms with van der Waals surface area (Å²) in [5.74, 6) is 0.721. The van der Waals surface area contributed by atoms with Crippen LogP contribution in [-0.4, -0.2) is 17.4 Å². The summed E-state index contributed by atoms with van der Waals surface area (Å²) in [6, 6.07) is 16.5. The van der Waals surface area contributed by atoms with Crippen LogP contribution < -0.4 is 5.32 Å². The highest BCUT2D eigenvalue weighted by atomic mass is 79.9. The van der Waals surface area contributed by atoms with Crippen molar-refractivity contribution in [2.24, 2.45) is 5.92 Å². The summed E-state index contributed by atoms with van der Waals surface area (Å²) in [4.78, 5) is 16.9. The van der Waals surface area contributed by atoms with Gasteiger partial charge in [0.25, 0.3) is 0 Å². The maximum absolute atomic E-state index is 12.3. The Bertz CT molecular complexity index is 857. The van der Waals surface area contributed by atoms with Gasteiger partial charge in [0.05, 0.1) is 15.2 Å². The number of nitrogens with zero attached hydrogens (tertiary/aromatic N) is 1. The van der Waals surface area contributed by atoms with Gasteiger partial charge in [-0.15, -0.1) is 11.3 Å². The molecule has 0 aliphatic heterocycles. The molecule has 2 aromatic carbocycles. The molecule has 1 saturated carbocycles. The molecular formula is C20H19BrN2OS. The molecule has 1 N–H and O–H groups in total. The number of rotatable bonds is 6. The van der Waals surface area contributed by atoms with Gasteiger partial charge in [0.15, 0.2) is 0 Å². The highest BCUT2D eigenvalue weighted by Crippen LogP contribution is 2.47. The van der Waals surface area contributed by atoms with Crippen molar-refractivity contribution in [1.82, 2.24) is 10.3 Å². The van der Waals surface area contributed by atoms with E-state index in [2.05, 4.69) is 44.4 Å². The molecule has 1 fully saturated rings. The molecular weight excluding hydrogens is 396 g/mol. The fraction of sp³-hybridized carbons (Fsp3) is 0.300. The first-order chi connectivity index (χ1) is 12.2. The minimum Gasteiger partial charge on any atom is -0.356 e. The first-order valence-corrected chi connectivity index (χ1v) is 10.2. The summed E-state index contributed by atoms with van der Waals surface area (Å²) in [5.41, 5.74) is 2.33. The number of thiazole rings is 1. The summed E-state index contributed by atoms with van der Waals surface area (Å²) in [7, 11) is 0. The van der Waals surface area contributed by atoms with Crippen molar-refractivity contribution < 1.29 is 4.79 Å². The Hall–Kier alpha value is -1.72. The molecule has 1 aromatic heterocycles. The second-order valence-corrected chi connectivity index (χ2v) is 8.50. The molecule has 5 heteroatoms. The second kappa shape index (κ2) is 7.26. The van der Waals surface area contributed by atoms with Gasteiger partial charge in [0, 0.05) is 23.4 Å². The normalized spacial score (nSPS) is 19.1. The molecule has 4 rings (SSSR count). The monoisotopic (exact) mass is 414 g/mol. The summed E-state index contributed by atoms with van der Waals surface area (Å²) in [6.07, 6.45) is 2.81. The zero-order valence-corrected chi connectivity index (χ0v) is 16.1. The van der Waals surface area contributed by atoms with Gasteiger partial charge in [-0.25, -0.2) is 4.98 Å². The van der Waals surface area contributed by atoms with E-state index in [0.717, 1.165) is 40.8 Å². The van der Waals surface area contributed by atoms with Crippen molar-refractivity contribution in [3.05, 3.63) is 63.6 Å². The van der Waals surface area contributed by atoms with E-state index in [-0.39, 0.29) is 11.8 Å². The van der Waals surface area contributed by atoms with Gasteiger partial charge in [-0.05, 0) is 48.6 Å². The molecule has 1 amide bonds. The van der Waals surface area contributed by atoms with Gasteiger partial charge < -0.3 is 5.32 Å². The number of carbonyl (C=O) groups excluding carboxylic acids is 1. The Labute approximate surface area is 159 Å². The summed E-state index contributed by atoms with van der Waals surface area (Å²) >= 11 is 5.19. The van der Waals surface area contributed by atoms with Crippen LogP contribution in [0.1, 0.15) is 29.3 Å². The number of aryl methyl sites for hydroxylation is 1. The highest BCUT2D eigenvalue weighted by Gasteiger charge is 2.43. The lowest BCUT2D eigenvalue weighted by atomic mass is 10.1. The van der Waals surface area contributed by atoms with Crippen LogP contribution in [0.2, 0.25) is 0 Å². The standard InChI is InChI=1S/C20H19BrN2OS/c21-14-9-7-13(8-10-14)15-12-16(15)20(24)22-11-3-6-19-23-17-4-1-2-5-18(17)25-19/h1-2,4-5,7-10,15-16H,3,6,11-12H2,(H,22,24). The van der Waals surface area contributed by atoms with E-state index in [9.17, 15) is 4.79 Å². The average molecular weight is 415 g/mol. The molecule has 1 aliphatic carbocycles. The molecule has 1 aliphatic rings. The number of halogens is 1. The SMILES string of the molecule is O=C(NCCCc1nc2ccccc2s1)C1CC1c1ccc(Br)cc1. The lowest BCUT2D eigenvalue weighted by molar-refractivity contribution is -0.122. The van der Waals surface area contributed by atoms with Crippen molar-refractivity contribution in [3.63, 3.8) is 0 Å². The fourth-order valence-corrected chi connectivity index (χ4v) is 4.45. The summed E-state index contributed by atoms with van der Waals surface area (Å²) in [6.45, 7) is 0.721. The fourth-order valence-electron chi connectivity index (χ4n) is 3.17. The van der Waals surface area contributed by atoms with Gasteiger partial charge in [-0.2, -0.15) is 0 Å². The van der Waals surface area contributed by atoms with E-state index in [1.165, 1.54) is 10.3 Å². The molecule has 0 spiro atoms. The lowest BCUT2D eigenvalue weighted by Gasteiger charge is -2.04. The van der Waals surface area contributed by atoms with E-state index < -0.39 is 0 Å². The van der Waals surface area contributed by atoms with E-state index in [4.69, 9.17) is 0 Å². The van der Waals surface area contributed by atoms with Crippen LogP contribution in [0.3, 0.4) is 0 Å². The molecule has 2 unspecified atom stereocenters. The molecule has 3 aromatic rings. The smallest absolute Gasteiger partial charge is 0.223 e. The van der Waals surface area contributed by atoms with E-state index >= 15 is 0 Å². The van der Waals surface area contributed by atoms with Crippen molar-refractivity contribution in [2.45, 2.75) is 25.2 Å². The Morgan fingerprint density at radius 2 is 2.00 bits per heavy atom. The Balaban J connectivity index is 1.22. The van der Waals surface area contributed by atoms with Crippen LogP contribution in [0.25, 0.3) is 10.2 Å². The van der Waals surface area contributed by atoms with Crippen LogP contribution in [0.15, 0.2) is 53.0 Å². The van der Waals surface area contributed by atoms with Crippen molar-refractivity contribution in [1.29, 1.82) is 0 Å². The van der Waals surface area contributed by atoms with Crippen LogP contribution in [0, 0.1) is 5.92 Å². The third kappa shape index (κ3) is 3.93. The molecule has 0 saturated heterocycles. The maximum atomic E-state index is 12.3. The molecule has 3 nitrogen and oxygen atoms in total. The summed E-state index contributed by atoms with van der Waals surface area (Å²) in [5, 5.41) is 4.24. The van der Waals surface area contributed by atoms with Crippen molar-refractivity contribution in [2.75, 3.05) is 6.54 Å². The second-order valence-electron chi connectivity index (χ2n) is 6.47. The predicted octanol–water partition coefficient (Wildman–Crippen LogP) is 4.91. The van der Waals surface area contributed by atoms with Gasteiger partial charge in [0.2, 0.25) is 5.91 Å². The quantitative estimate of drug-likeness (QED) is 0.582. The minimum absolute atomic E-state index is 0.142. The molecule has 25 heavy (non-hydrogen) atoms. The zero-order chi connectivity index (χ0) is 17.2. The van der Waals surface area contributed by atoms with Crippen LogP contribution in [-0.2, 0) is 11.2 Å². The number of nitrogens with one attached hydrogen (secondary N) is 1. The molecule has 128 valence electrons. The number of para-hydroxylation sites is 1. The van der Waals surface area contributed by atoms with E-state index in [1.807, 2.05) is 30.3 Å². The van der Waals surface area contributed by atoms with Gasteiger partial charge in [0.1, 0.15) is 0 Å². The largest absolute Gasteiger partial charge is 0.356 e. The number of aromatic nitrogens is 1. The van der Waals surface area contributed by atoms with Crippen LogP contribution in [0.4, 0.5) is 0 Å². The van der Waals surface area contributed by atoms with Crippen molar-refractivity contribution >= 4 is 43.4 Å². The number of fused-ring (bicyclic) bond motifs is 1. The Morgan fingerprint density at radius 3 is 2.80 bits per heavy atom. The van der Waals surface area contributed by atoms with Gasteiger partial charge in [-0.1, -0.05) is 40.2 Å². The third-order valence-corrected chi connectivity index (χ3v) is 6.26. The highest BCUT2D eigenvalue weighted by molar-refractivity contribution is 9.10. The maximum Gasteiger partial charge on any atom is 0.223 e. The topological polar surface area (TPSA) is 42.0 Å². The first kappa shape index (κ1) is 16.7. The minimum atomic E-state index is 0.142. The predicted molar refractivity (Wildman–Crippen MR) is 106 cm³/mol. The lowest BCUT2D eigenvalue weighted by Crippen LogP contribution is -2.26. The molecule has 0 radical (unpaired) electrons. The first-order valence-electron chi connectivity index (χ1n) is 8.58. The number of benzene rings is 2. The van der Waals surface area contributed by atoms with Gasteiger partial charge >= 0.3 is 0 Å². The molecule has 2 atom stereocenters. The Kier molecular flexibility index (Phi) is 4.86. The van der Waals surface area contributed by atoms with E-state index in [0.29, 0.717) is 5.92 Å². The third-order valence-electron chi connectivity index (χ3n) is 4.63. The van der Waals surface area contributed by atoms with E-state index in [1.54, 1.807) is 11.3 Å². The molecule has 1 heterocycles. The number of hydrogen-bond acceptors (Lipinski definition) is 3.